The molecule has 2 bridgehead atoms. The third-order valence-corrected chi connectivity index (χ3v) is 7.33. The molecule has 0 spiro atoms. The Kier molecular flexibility index (Phi) is 5.20. The van der Waals surface area contributed by atoms with Crippen LogP contribution in [0.5, 0.6) is 0 Å². The number of hydrogen-bond donors (Lipinski definition) is 1. The fourth-order valence-corrected chi connectivity index (χ4v) is 5.88. The van der Waals surface area contributed by atoms with Crippen LogP contribution in [0, 0.1) is 11.2 Å². The summed E-state index contributed by atoms with van der Waals surface area (Å²) < 4.78 is 13.5. The van der Waals surface area contributed by atoms with Gasteiger partial charge in [-0.25, -0.2) is 4.39 Å². The Hall–Kier alpha value is -1.91. The molecule has 29 heavy (non-hydrogen) atoms. The molecule has 0 unspecified atom stereocenters. The monoisotopic (exact) mass is 414 g/mol. The molecule has 3 nitrogen and oxygen atoms in total. The predicted molar refractivity (Wildman–Crippen MR) is 115 cm³/mol. The fourth-order valence-electron chi connectivity index (χ4n) is 5.88. The van der Waals surface area contributed by atoms with Gasteiger partial charge in [0.25, 0.3) is 0 Å². The van der Waals surface area contributed by atoms with Gasteiger partial charge in [-0.3, -0.25) is 4.79 Å². The molecule has 0 aromatic heterocycles. The molecule has 1 aliphatic heterocycles. The molecule has 5 heteroatoms. The summed E-state index contributed by atoms with van der Waals surface area (Å²) in [6.07, 6.45) is 6.13. The lowest BCUT2D eigenvalue weighted by molar-refractivity contribution is -0.162. The third-order valence-electron chi connectivity index (χ3n) is 7.33. The minimum atomic E-state index is -0.243. The molecular weight excluding hydrogens is 387 g/mol. The van der Waals surface area contributed by atoms with Crippen LogP contribution < -0.4 is 5.32 Å². The van der Waals surface area contributed by atoms with Gasteiger partial charge >= 0.3 is 0 Å². The van der Waals surface area contributed by atoms with E-state index in [1.54, 1.807) is 0 Å². The predicted octanol–water partition coefficient (Wildman–Crippen LogP) is 4.64. The molecule has 4 aliphatic rings. The van der Waals surface area contributed by atoms with Crippen molar-refractivity contribution in [2.24, 2.45) is 5.41 Å². The SMILES string of the molecule is CNC12CC(CCC(=O)N3CCc4ccccc4[C@@H]3c3ccc(F)cc3)(C1)C2.Cl. The van der Waals surface area contributed by atoms with Crippen molar-refractivity contribution in [1.82, 2.24) is 10.2 Å². The van der Waals surface area contributed by atoms with Gasteiger partial charge < -0.3 is 10.2 Å². The lowest BCUT2D eigenvalue weighted by atomic mass is 9.38. The molecule has 1 heterocycles. The van der Waals surface area contributed by atoms with E-state index in [4.69, 9.17) is 0 Å². The maximum absolute atomic E-state index is 13.5. The molecule has 2 aromatic carbocycles. The van der Waals surface area contributed by atoms with E-state index in [0.29, 0.717) is 17.4 Å². The van der Waals surface area contributed by atoms with Crippen molar-refractivity contribution >= 4 is 18.3 Å². The molecule has 0 saturated heterocycles. The van der Waals surface area contributed by atoms with E-state index < -0.39 is 0 Å². The van der Waals surface area contributed by atoms with Crippen molar-refractivity contribution in [2.45, 2.75) is 50.1 Å². The van der Waals surface area contributed by atoms with Crippen LogP contribution in [-0.4, -0.2) is 29.9 Å². The molecule has 154 valence electrons. The Balaban J connectivity index is 0.00000205. The van der Waals surface area contributed by atoms with E-state index in [0.717, 1.165) is 24.9 Å². The van der Waals surface area contributed by atoms with Gasteiger partial charge in [0.05, 0.1) is 6.04 Å². The number of nitrogens with zero attached hydrogens (tertiary/aromatic N) is 1. The largest absolute Gasteiger partial charge is 0.331 e. The third kappa shape index (κ3) is 3.36. The molecule has 0 radical (unpaired) electrons. The van der Waals surface area contributed by atoms with Gasteiger partial charge in [-0.15, -0.1) is 12.4 Å². The van der Waals surface area contributed by atoms with E-state index in [1.165, 1.54) is 42.5 Å². The van der Waals surface area contributed by atoms with Crippen LogP contribution in [0.2, 0.25) is 0 Å². The highest BCUT2D eigenvalue weighted by Gasteiger charge is 2.66. The maximum atomic E-state index is 13.5. The highest BCUT2D eigenvalue weighted by Crippen LogP contribution is 2.69. The average Bonchev–Trinajstić information content (AvgIpc) is 2.66. The van der Waals surface area contributed by atoms with Crippen LogP contribution in [0.15, 0.2) is 48.5 Å². The molecule has 3 saturated carbocycles. The fraction of sp³-hybridized carbons (Fsp3) is 0.458. The number of halogens is 2. The summed E-state index contributed by atoms with van der Waals surface area (Å²) in [7, 11) is 2.05. The number of fused-ring (bicyclic) bond motifs is 1. The molecular formula is C24H28ClFN2O. The first-order valence-electron chi connectivity index (χ1n) is 10.3. The number of amides is 1. The summed E-state index contributed by atoms with van der Waals surface area (Å²) in [6.45, 7) is 0.728. The van der Waals surface area contributed by atoms with Crippen molar-refractivity contribution in [3.05, 3.63) is 71.0 Å². The van der Waals surface area contributed by atoms with Crippen molar-refractivity contribution in [1.29, 1.82) is 0 Å². The number of nitrogens with one attached hydrogen (secondary N) is 1. The summed E-state index contributed by atoms with van der Waals surface area (Å²) in [5, 5.41) is 3.44. The topological polar surface area (TPSA) is 32.3 Å². The van der Waals surface area contributed by atoms with Gasteiger partial charge in [0.15, 0.2) is 0 Å². The van der Waals surface area contributed by atoms with Gasteiger partial charge in [-0.2, -0.15) is 0 Å². The van der Waals surface area contributed by atoms with Crippen LogP contribution >= 0.6 is 12.4 Å². The summed E-state index contributed by atoms with van der Waals surface area (Å²) in [4.78, 5) is 15.3. The molecule has 6 rings (SSSR count). The van der Waals surface area contributed by atoms with Gasteiger partial charge in [-0.05, 0) is 73.4 Å². The zero-order valence-electron chi connectivity index (χ0n) is 16.8. The van der Waals surface area contributed by atoms with E-state index in [1.807, 2.05) is 30.1 Å². The maximum Gasteiger partial charge on any atom is 0.223 e. The summed E-state index contributed by atoms with van der Waals surface area (Å²) in [6, 6.07) is 14.9. The first-order valence-corrected chi connectivity index (χ1v) is 10.3. The lowest BCUT2D eigenvalue weighted by Crippen LogP contribution is -2.73. The Labute approximate surface area is 178 Å². The molecule has 1 atom stereocenters. The second-order valence-electron chi connectivity index (χ2n) is 9.05. The van der Waals surface area contributed by atoms with Crippen molar-refractivity contribution in [3.63, 3.8) is 0 Å². The van der Waals surface area contributed by atoms with Crippen LogP contribution in [-0.2, 0) is 11.2 Å². The van der Waals surface area contributed by atoms with Crippen LogP contribution in [0.3, 0.4) is 0 Å². The van der Waals surface area contributed by atoms with E-state index in [-0.39, 0.29) is 30.2 Å². The van der Waals surface area contributed by atoms with Crippen molar-refractivity contribution < 1.29 is 9.18 Å². The van der Waals surface area contributed by atoms with Crippen LogP contribution in [0.4, 0.5) is 4.39 Å². The highest BCUT2D eigenvalue weighted by atomic mass is 35.5. The average molecular weight is 415 g/mol. The highest BCUT2D eigenvalue weighted by molar-refractivity contribution is 5.85. The minimum Gasteiger partial charge on any atom is -0.331 e. The zero-order chi connectivity index (χ0) is 19.4. The van der Waals surface area contributed by atoms with Gasteiger partial charge in [-0.1, -0.05) is 36.4 Å². The second-order valence-corrected chi connectivity index (χ2v) is 9.05. The molecule has 1 N–H and O–H groups in total. The Morgan fingerprint density at radius 3 is 2.52 bits per heavy atom. The first kappa shape index (κ1) is 20.4. The Morgan fingerprint density at radius 1 is 1.14 bits per heavy atom. The summed E-state index contributed by atoms with van der Waals surface area (Å²) >= 11 is 0. The lowest BCUT2D eigenvalue weighted by Gasteiger charge is -2.71. The van der Waals surface area contributed by atoms with Gasteiger partial charge in [0, 0.05) is 18.5 Å². The molecule has 1 amide bonds. The van der Waals surface area contributed by atoms with Crippen LogP contribution in [0.1, 0.15) is 54.8 Å². The van der Waals surface area contributed by atoms with Gasteiger partial charge in [0.2, 0.25) is 5.91 Å². The standard InChI is InChI=1S/C24H27FN2O.ClH/c1-26-24-14-23(15-24,16-24)12-10-21(28)27-13-11-17-4-2-3-5-20(17)22(27)18-6-8-19(25)9-7-18;/h2-9,22,26H,10-16H2,1H3;1H/t22-,23?,24?;/m0./s1. The zero-order valence-corrected chi connectivity index (χ0v) is 17.6. The molecule has 3 aliphatic carbocycles. The number of benzene rings is 2. The van der Waals surface area contributed by atoms with Crippen LogP contribution in [0.25, 0.3) is 0 Å². The quantitative estimate of drug-likeness (QED) is 0.772. The number of rotatable bonds is 5. The normalized spacial score (nSPS) is 29.2. The second kappa shape index (κ2) is 7.41. The van der Waals surface area contributed by atoms with E-state index >= 15 is 0 Å². The number of carbonyl (C=O) groups is 1. The van der Waals surface area contributed by atoms with Crippen molar-refractivity contribution in [3.8, 4) is 0 Å². The Bertz CT molecular complexity index is 894. The number of carbonyl (C=O) groups excluding carboxylic acids is 1. The van der Waals surface area contributed by atoms with E-state index in [2.05, 4.69) is 23.5 Å². The van der Waals surface area contributed by atoms with E-state index in [9.17, 15) is 9.18 Å². The number of hydrogen-bond acceptors (Lipinski definition) is 2. The summed E-state index contributed by atoms with van der Waals surface area (Å²) in [5.74, 6) is -0.0140. The Morgan fingerprint density at radius 2 is 1.83 bits per heavy atom. The van der Waals surface area contributed by atoms with Crippen molar-refractivity contribution in [2.75, 3.05) is 13.6 Å². The first-order chi connectivity index (χ1) is 13.5. The van der Waals surface area contributed by atoms with Gasteiger partial charge in [0.1, 0.15) is 5.82 Å². The molecule has 2 aromatic rings. The summed E-state index contributed by atoms with van der Waals surface area (Å²) in [5.41, 5.74) is 4.23. The molecule has 3 fully saturated rings. The minimum absolute atomic E-state index is 0. The smallest absolute Gasteiger partial charge is 0.223 e.